The van der Waals surface area contributed by atoms with Gasteiger partial charge in [0.2, 0.25) is 10.0 Å². The Bertz CT molecular complexity index is 1100. The molecule has 8 heteroatoms. The molecule has 0 heterocycles. The predicted octanol–water partition coefficient (Wildman–Crippen LogP) is 3.68. The molecule has 0 saturated carbocycles. The van der Waals surface area contributed by atoms with Gasteiger partial charge in [-0.25, -0.2) is 13.8 Å². The van der Waals surface area contributed by atoms with Gasteiger partial charge in [-0.1, -0.05) is 72.3 Å². The Balaban J connectivity index is 1.77. The first-order valence-corrected chi connectivity index (χ1v) is 10.9. The van der Waals surface area contributed by atoms with Crippen molar-refractivity contribution in [1.82, 2.24) is 9.73 Å². The number of hydrazone groups is 1. The first-order valence-electron chi connectivity index (χ1n) is 9.12. The molecule has 0 aliphatic heterocycles. The zero-order valence-electron chi connectivity index (χ0n) is 16.0. The van der Waals surface area contributed by atoms with Gasteiger partial charge in [-0.05, 0) is 35.4 Å². The van der Waals surface area contributed by atoms with Crippen LogP contribution in [-0.2, 0) is 21.4 Å². The number of carbonyl (C=O) groups is 1. The van der Waals surface area contributed by atoms with Crippen LogP contribution in [-0.4, -0.2) is 31.4 Å². The zero-order chi connectivity index (χ0) is 21.4. The van der Waals surface area contributed by atoms with Crippen molar-refractivity contribution in [2.24, 2.45) is 5.10 Å². The largest absolute Gasteiger partial charge is 0.272 e. The van der Waals surface area contributed by atoms with E-state index in [9.17, 15) is 13.2 Å². The van der Waals surface area contributed by atoms with Crippen molar-refractivity contribution >= 4 is 33.7 Å². The summed E-state index contributed by atoms with van der Waals surface area (Å²) in [4.78, 5) is 12.5. The fraction of sp³-hybridized carbons (Fsp3) is 0.0909. The molecule has 3 rings (SSSR count). The van der Waals surface area contributed by atoms with Crippen molar-refractivity contribution in [3.63, 3.8) is 0 Å². The van der Waals surface area contributed by atoms with Gasteiger partial charge in [0.1, 0.15) is 0 Å². The van der Waals surface area contributed by atoms with Crippen LogP contribution in [0.4, 0.5) is 0 Å². The minimum atomic E-state index is -3.89. The van der Waals surface area contributed by atoms with E-state index in [1.165, 1.54) is 18.3 Å². The molecule has 0 radical (unpaired) electrons. The van der Waals surface area contributed by atoms with Crippen LogP contribution in [0.25, 0.3) is 0 Å². The fourth-order valence-electron chi connectivity index (χ4n) is 2.67. The maximum Gasteiger partial charge on any atom is 0.255 e. The lowest BCUT2D eigenvalue weighted by Gasteiger charge is -2.21. The van der Waals surface area contributed by atoms with Crippen molar-refractivity contribution in [1.29, 1.82) is 0 Å². The van der Waals surface area contributed by atoms with E-state index >= 15 is 0 Å². The molecular formula is C22H20ClN3O3S. The van der Waals surface area contributed by atoms with Gasteiger partial charge in [-0.2, -0.15) is 9.41 Å². The Morgan fingerprint density at radius 3 is 2.17 bits per heavy atom. The number of carbonyl (C=O) groups excluding carboxylic acids is 1. The molecule has 0 aromatic heterocycles. The molecule has 3 aromatic rings. The molecule has 30 heavy (non-hydrogen) atoms. The summed E-state index contributed by atoms with van der Waals surface area (Å²) in [7, 11) is -3.89. The number of hydrogen-bond acceptors (Lipinski definition) is 4. The SMILES string of the molecule is O=C(CN(Cc1ccc(Cl)cc1)S(=O)(=O)c1ccccc1)N/N=C\c1ccccc1. The normalized spacial score (nSPS) is 11.7. The molecule has 6 nitrogen and oxygen atoms in total. The monoisotopic (exact) mass is 441 g/mol. The van der Waals surface area contributed by atoms with E-state index in [1.54, 1.807) is 42.5 Å². The summed E-state index contributed by atoms with van der Waals surface area (Å²) in [6, 6.07) is 24.0. The lowest BCUT2D eigenvalue weighted by molar-refractivity contribution is -0.121. The second-order valence-electron chi connectivity index (χ2n) is 6.42. The van der Waals surface area contributed by atoms with Gasteiger partial charge in [-0.15, -0.1) is 0 Å². The standard InChI is InChI=1S/C22H20ClN3O3S/c23-20-13-11-19(12-14-20)16-26(30(28,29)21-9-5-2-6-10-21)17-22(27)25-24-15-18-7-3-1-4-8-18/h1-15H,16-17H2,(H,25,27)/b24-15-. The Morgan fingerprint density at radius 1 is 0.933 bits per heavy atom. The summed E-state index contributed by atoms with van der Waals surface area (Å²) in [6.07, 6.45) is 1.49. The molecule has 0 aliphatic carbocycles. The summed E-state index contributed by atoms with van der Waals surface area (Å²) in [5.74, 6) is -0.546. The lowest BCUT2D eigenvalue weighted by atomic mass is 10.2. The molecule has 0 spiro atoms. The zero-order valence-corrected chi connectivity index (χ0v) is 17.6. The molecule has 0 aliphatic rings. The van der Waals surface area contributed by atoms with Crippen molar-refractivity contribution in [3.8, 4) is 0 Å². The number of hydrogen-bond donors (Lipinski definition) is 1. The summed E-state index contributed by atoms with van der Waals surface area (Å²) in [5.41, 5.74) is 3.90. The molecule has 154 valence electrons. The minimum absolute atomic E-state index is 0.0181. The van der Waals surface area contributed by atoms with Gasteiger partial charge in [0.25, 0.3) is 5.91 Å². The summed E-state index contributed by atoms with van der Waals surface area (Å²) >= 11 is 5.91. The Labute approximate surface area is 180 Å². The van der Waals surface area contributed by atoms with Crippen molar-refractivity contribution in [2.75, 3.05) is 6.54 Å². The third-order valence-electron chi connectivity index (χ3n) is 4.18. The quantitative estimate of drug-likeness (QED) is 0.427. The van der Waals surface area contributed by atoms with Crippen molar-refractivity contribution in [3.05, 3.63) is 101 Å². The van der Waals surface area contributed by atoms with Crippen molar-refractivity contribution in [2.45, 2.75) is 11.4 Å². The van der Waals surface area contributed by atoms with Crippen LogP contribution in [0.2, 0.25) is 5.02 Å². The smallest absolute Gasteiger partial charge is 0.255 e. The highest BCUT2D eigenvalue weighted by atomic mass is 35.5. The van der Waals surface area contributed by atoms with Gasteiger partial charge in [0, 0.05) is 11.6 Å². The van der Waals surface area contributed by atoms with E-state index in [2.05, 4.69) is 10.5 Å². The van der Waals surface area contributed by atoms with E-state index in [0.717, 1.165) is 9.87 Å². The van der Waals surface area contributed by atoms with Crippen LogP contribution in [0, 0.1) is 0 Å². The number of amides is 1. The van der Waals surface area contributed by atoms with E-state index in [1.807, 2.05) is 30.3 Å². The number of nitrogens with one attached hydrogen (secondary N) is 1. The Hall–Kier alpha value is -3.00. The van der Waals surface area contributed by atoms with E-state index in [4.69, 9.17) is 11.6 Å². The van der Waals surface area contributed by atoms with Crippen LogP contribution in [0.1, 0.15) is 11.1 Å². The van der Waals surface area contributed by atoms with Crippen LogP contribution < -0.4 is 5.43 Å². The van der Waals surface area contributed by atoms with Gasteiger partial charge in [0.15, 0.2) is 0 Å². The topological polar surface area (TPSA) is 78.8 Å². The number of rotatable bonds is 8. The van der Waals surface area contributed by atoms with Gasteiger partial charge in [0.05, 0.1) is 17.7 Å². The average Bonchev–Trinajstić information content (AvgIpc) is 2.76. The second kappa shape index (κ2) is 10.2. The molecule has 1 N–H and O–H groups in total. The molecule has 0 bridgehead atoms. The number of nitrogens with zero attached hydrogens (tertiary/aromatic N) is 2. The molecule has 3 aromatic carbocycles. The van der Waals surface area contributed by atoms with Crippen LogP contribution in [0.5, 0.6) is 0 Å². The second-order valence-corrected chi connectivity index (χ2v) is 8.79. The third-order valence-corrected chi connectivity index (χ3v) is 6.23. The van der Waals surface area contributed by atoms with E-state index < -0.39 is 15.9 Å². The highest BCUT2D eigenvalue weighted by Gasteiger charge is 2.26. The number of halogens is 1. The lowest BCUT2D eigenvalue weighted by Crippen LogP contribution is -2.39. The molecular weight excluding hydrogens is 422 g/mol. The van der Waals surface area contributed by atoms with E-state index in [-0.39, 0.29) is 18.0 Å². The predicted molar refractivity (Wildman–Crippen MR) is 118 cm³/mol. The van der Waals surface area contributed by atoms with Gasteiger partial charge < -0.3 is 0 Å². The molecule has 1 amide bonds. The first kappa shape index (κ1) is 21.7. The van der Waals surface area contributed by atoms with Crippen LogP contribution in [0.3, 0.4) is 0 Å². The number of benzene rings is 3. The van der Waals surface area contributed by atoms with Gasteiger partial charge >= 0.3 is 0 Å². The Kier molecular flexibility index (Phi) is 7.35. The van der Waals surface area contributed by atoms with E-state index in [0.29, 0.717) is 10.6 Å². The number of sulfonamides is 1. The first-order chi connectivity index (χ1) is 14.4. The van der Waals surface area contributed by atoms with Crippen molar-refractivity contribution < 1.29 is 13.2 Å². The highest BCUT2D eigenvalue weighted by Crippen LogP contribution is 2.19. The van der Waals surface area contributed by atoms with Crippen LogP contribution in [0.15, 0.2) is 94.9 Å². The third kappa shape index (κ3) is 6.00. The maximum atomic E-state index is 13.1. The molecule has 0 atom stereocenters. The molecule has 0 saturated heterocycles. The molecule has 0 fully saturated rings. The average molecular weight is 442 g/mol. The molecule has 0 unspecified atom stereocenters. The minimum Gasteiger partial charge on any atom is -0.272 e. The Morgan fingerprint density at radius 2 is 1.53 bits per heavy atom. The fourth-order valence-corrected chi connectivity index (χ4v) is 4.21. The summed E-state index contributed by atoms with van der Waals surface area (Å²) in [5, 5.41) is 4.45. The maximum absolute atomic E-state index is 13.1. The van der Waals surface area contributed by atoms with Crippen LogP contribution >= 0.6 is 11.6 Å². The summed E-state index contributed by atoms with van der Waals surface area (Å²) in [6.45, 7) is -0.365. The van der Waals surface area contributed by atoms with Gasteiger partial charge in [-0.3, -0.25) is 4.79 Å². The highest BCUT2D eigenvalue weighted by molar-refractivity contribution is 7.89. The summed E-state index contributed by atoms with van der Waals surface area (Å²) < 4.78 is 27.3.